The molecule has 2 aromatic carbocycles. The second kappa shape index (κ2) is 9.15. The predicted octanol–water partition coefficient (Wildman–Crippen LogP) is 6.28. The van der Waals surface area contributed by atoms with Crippen molar-refractivity contribution in [1.29, 1.82) is 0 Å². The third-order valence-corrected chi connectivity index (χ3v) is 9.37. The number of imide groups is 2. The van der Waals surface area contributed by atoms with E-state index in [2.05, 4.69) is 17.4 Å². The lowest BCUT2D eigenvalue weighted by Gasteiger charge is -2.57. The number of carbonyl (C=O) groups is 4. The molecule has 0 radical (unpaired) electrons. The van der Waals surface area contributed by atoms with E-state index in [-0.39, 0.29) is 16.8 Å². The lowest BCUT2D eigenvalue weighted by molar-refractivity contribution is -0.122. The maximum atomic E-state index is 13.4. The first-order chi connectivity index (χ1) is 19.3. The summed E-state index contributed by atoms with van der Waals surface area (Å²) < 4.78 is 5.87. The number of ketones is 1. The summed E-state index contributed by atoms with van der Waals surface area (Å²) in [5.41, 5.74) is 3.11. The third kappa shape index (κ3) is 4.12. The summed E-state index contributed by atoms with van der Waals surface area (Å²) in [6.45, 7) is 1.50. The Morgan fingerprint density at radius 2 is 1.50 bits per heavy atom. The number of Topliss-reactive ketones (excluding diaryl/α,β-unsaturated/α-hetero) is 1. The van der Waals surface area contributed by atoms with Gasteiger partial charge in [0.05, 0.1) is 5.69 Å². The Balaban J connectivity index is 1.13. The number of rotatable bonds is 5. The zero-order valence-electron chi connectivity index (χ0n) is 22.3. The van der Waals surface area contributed by atoms with Gasteiger partial charge >= 0.3 is 6.03 Å². The highest BCUT2D eigenvalue weighted by atomic mass is 16.3. The van der Waals surface area contributed by atoms with Crippen LogP contribution in [0.2, 0.25) is 0 Å². The minimum Gasteiger partial charge on any atom is -0.457 e. The van der Waals surface area contributed by atoms with Crippen molar-refractivity contribution in [2.75, 3.05) is 4.90 Å². The highest BCUT2D eigenvalue weighted by Gasteiger charge is 2.51. The molecule has 5 aliphatic rings. The molecule has 5 fully saturated rings. The minimum absolute atomic E-state index is 0.0280. The Hall–Kier alpha value is -4.26. The topological polar surface area (TPSA) is 96.7 Å². The van der Waals surface area contributed by atoms with Crippen LogP contribution in [0.5, 0.6) is 0 Å². The van der Waals surface area contributed by atoms with Crippen LogP contribution in [0, 0.1) is 17.8 Å². The molecule has 4 amide bonds. The lowest BCUT2D eigenvalue weighted by atomic mass is 9.48. The van der Waals surface area contributed by atoms with E-state index < -0.39 is 17.8 Å². The first-order valence-electron chi connectivity index (χ1n) is 14.0. The van der Waals surface area contributed by atoms with Crippen LogP contribution in [0.25, 0.3) is 17.4 Å². The van der Waals surface area contributed by atoms with Crippen molar-refractivity contribution in [2.45, 2.75) is 50.9 Å². The number of anilines is 1. The zero-order chi connectivity index (χ0) is 27.6. The molecule has 3 aromatic rings. The van der Waals surface area contributed by atoms with Gasteiger partial charge in [-0.3, -0.25) is 19.7 Å². The number of barbiturate groups is 1. The molecule has 4 bridgehead atoms. The molecule has 1 aliphatic heterocycles. The van der Waals surface area contributed by atoms with Crippen LogP contribution >= 0.6 is 0 Å². The minimum atomic E-state index is -0.764. The number of amides is 4. The van der Waals surface area contributed by atoms with Gasteiger partial charge in [0.1, 0.15) is 17.1 Å². The fraction of sp³-hybridized carbons (Fsp3) is 0.333. The number of nitrogens with one attached hydrogen (secondary N) is 1. The first-order valence-corrected chi connectivity index (χ1v) is 14.0. The third-order valence-electron chi connectivity index (χ3n) is 9.37. The van der Waals surface area contributed by atoms with Crippen molar-refractivity contribution in [3.8, 4) is 11.3 Å². The molecule has 7 heteroatoms. The molecule has 40 heavy (non-hydrogen) atoms. The molecule has 2 heterocycles. The predicted molar refractivity (Wildman–Crippen MR) is 149 cm³/mol. The van der Waals surface area contributed by atoms with E-state index in [9.17, 15) is 19.2 Å². The van der Waals surface area contributed by atoms with Gasteiger partial charge in [-0.05, 0) is 105 Å². The Kier molecular flexibility index (Phi) is 5.66. The monoisotopic (exact) mass is 534 g/mol. The van der Waals surface area contributed by atoms with Crippen LogP contribution in [0.3, 0.4) is 0 Å². The summed E-state index contributed by atoms with van der Waals surface area (Å²) in [6, 6.07) is 17.4. The Bertz CT molecular complexity index is 1540. The number of carbonyl (C=O) groups excluding carboxylic acids is 4. The molecule has 202 valence electrons. The van der Waals surface area contributed by atoms with Crippen molar-refractivity contribution in [2.24, 2.45) is 17.8 Å². The average Bonchev–Trinajstić information content (AvgIpc) is 3.39. The first kappa shape index (κ1) is 24.8. The molecule has 8 rings (SSSR count). The van der Waals surface area contributed by atoms with Crippen LogP contribution in [0.1, 0.15) is 67.1 Å². The maximum Gasteiger partial charge on any atom is 0.335 e. The average molecular weight is 535 g/mol. The molecule has 1 saturated heterocycles. The van der Waals surface area contributed by atoms with E-state index in [1.54, 1.807) is 36.4 Å². The Labute approximate surface area is 232 Å². The van der Waals surface area contributed by atoms with Gasteiger partial charge < -0.3 is 4.42 Å². The zero-order valence-corrected chi connectivity index (χ0v) is 22.3. The Morgan fingerprint density at radius 3 is 2.10 bits per heavy atom. The molecule has 1 N–H and O–H groups in total. The van der Waals surface area contributed by atoms with Crippen LogP contribution in [-0.2, 0) is 15.0 Å². The van der Waals surface area contributed by atoms with Crippen molar-refractivity contribution in [1.82, 2.24) is 5.32 Å². The largest absolute Gasteiger partial charge is 0.457 e. The number of hydrogen-bond acceptors (Lipinski definition) is 5. The fourth-order valence-electron chi connectivity index (χ4n) is 7.92. The molecule has 4 aliphatic carbocycles. The highest BCUT2D eigenvalue weighted by molar-refractivity contribution is 6.39. The van der Waals surface area contributed by atoms with Gasteiger partial charge in [-0.15, -0.1) is 0 Å². The quantitative estimate of drug-likeness (QED) is 0.236. The summed E-state index contributed by atoms with van der Waals surface area (Å²) in [5.74, 6) is 1.80. The highest BCUT2D eigenvalue weighted by Crippen LogP contribution is 2.60. The standard InChI is InChI=1S/C33H30N2O5/c1-19(36)23-2-4-24(5-3-23)29-11-10-27(40-29)15-28-30(37)34-32(39)35(31(28)38)26-8-6-25(7-9-26)33-16-20-12-21(17-33)14-22(13-20)18-33/h2-11,15,20-22H,12-14,16-18H2,1H3,(H,34,37,39)/b28-15+. The number of hydrogen-bond donors (Lipinski definition) is 1. The van der Waals surface area contributed by atoms with Gasteiger partial charge in [-0.25, -0.2) is 9.69 Å². The second-order valence-electron chi connectivity index (χ2n) is 12.0. The second-order valence-corrected chi connectivity index (χ2v) is 12.0. The molecule has 0 spiro atoms. The SMILES string of the molecule is CC(=O)c1ccc(-c2ccc(/C=C3\C(=O)NC(=O)N(c4ccc(C56CC7CC(CC(C7)C5)C6)cc4)C3=O)o2)cc1. The number of furan rings is 1. The van der Waals surface area contributed by atoms with Crippen LogP contribution in [0.4, 0.5) is 10.5 Å². The van der Waals surface area contributed by atoms with Gasteiger partial charge in [0, 0.05) is 11.1 Å². The van der Waals surface area contributed by atoms with Crippen LogP contribution < -0.4 is 10.2 Å². The number of urea groups is 1. The molecule has 7 nitrogen and oxygen atoms in total. The van der Waals surface area contributed by atoms with Gasteiger partial charge in [0.15, 0.2) is 5.78 Å². The van der Waals surface area contributed by atoms with Crippen molar-refractivity contribution >= 4 is 35.4 Å². The maximum absolute atomic E-state index is 13.4. The number of benzene rings is 2. The summed E-state index contributed by atoms with van der Waals surface area (Å²) in [5, 5.41) is 2.29. The van der Waals surface area contributed by atoms with Gasteiger partial charge in [-0.1, -0.05) is 36.4 Å². The lowest BCUT2D eigenvalue weighted by Crippen LogP contribution is -2.54. The number of nitrogens with zero attached hydrogens (tertiary/aromatic N) is 1. The van der Waals surface area contributed by atoms with Crippen LogP contribution in [-0.4, -0.2) is 23.6 Å². The molecule has 1 aromatic heterocycles. The molecule has 4 saturated carbocycles. The summed E-state index contributed by atoms with van der Waals surface area (Å²) >= 11 is 0. The molecular formula is C33H30N2O5. The normalized spacial score (nSPS) is 28.3. The van der Waals surface area contributed by atoms with Gasteiger partial charge in [-0.2, -0.15) is 0 Å². The van der Waals surface area contributed by atoms with Gasteiger partial charge in [0.25, 0.3) is 11.8 Å². The van der Waals surface area contributed by atoms with Crippen molar-refractivity contribution in [3.63, 3.8) is 0 Å². The van der Waals surface area contributed by atoms with E-state index in [0.29, 0.717) is 22.8 Å². The smallest absolute Gasteiger partial charge is 0.335 e. The van der Waals surface area contributed by atoms with Crippen LogP contribution in [0.15, 0.2) is 70.7 Å². The van der Waals surface area contributed by atoms with Crippen molar-refractivity contribution in [3.05, 3.63) is 83.1 Å². The van der Waals surface area contributed by atoms with E-state index in [1.165, 1.54) is 57.1 Å². The molecule has 0 unspecified atom stereocenters. The summed E-state index contributed by atoms with van der Waals surface area (Å²) in [7, 11) is 0. The summed E-state index contributed by atoms with van der Waals surface area (Å²) in [4.78, 5) is 51.5. The van der Waals surface area contributed by atoms with Crippen molar-refractivity contribution < 1.29 is 23.6 Å². The fourth-order valence-corrected chi connectivity index (χ4v) is 7.92. The Morgan fingerprint density at radius 1 is 0.875 bits per heavy atom. The van der Waals surface area contributed by atoms with Gasteiger partial charge in [0.2, 0.25) is 0 Å². The van der Waals surface area contributed by atoms with E-state index >= 15 is 0 Å². The van der Waals surface area contributed by atoms with E-state index in [0.717, 1.165) is 28.2 Å². The van der Waals surface area contributed by atoms with E-state index in [1.807, 2.05) is 12.1 Å². The summed E-state index contributed by atoms with van der Waals surface area (Å²) in [6.07, 6.45) is 9.15. The molecule has 0 atom stereocenters. The molecular weight excluding hydrogens is 504 g/mol. The van der Waals surface area contributed by atoms with E-state index in [4.69, 9.17) is 4.42 Å².